The normalized spacial score (nSPS) is 22.0. The maximum Gasteiger partial charge on any atom is 0.416 e. The molecule has 1 aromatic heterocycles. The van der Waals surface area contributed by atoms with Crippen LogP contribution in [0.5, 0.6) is 0 Å². The molecule has 0 saturated carbocycles. The third kappa shape index (κ3) is 7.00. The molecule has 2 heterocycles. The maximum absolute atomic E-state index is 13.6. The number of carbonyl (C=O) groups is 1. The van der Waals surface area contributed by atoms with Gasteiger partial charge >= 0.3 is 6.18 Å². The first kappa shape index (κ1) is 29.3. The highest BCUT2D eigenvalue weighted by atomic mass is 32.2. The zero-order valence-corrected chi connectivity index (χ0v) is 23.8. The lowest BCUT2D eigenvalue weighted by atomic mass is 9.87. The van der Waals surface area contributed by atoms with Crippen molar-refractivity contribution in [1.29, 1.82) is 0 Å². The Morgan fingerprint density at radius 1 is 1.05 bits per heavy atom. The summed E-state index contributed by atoms with van der Waals surface area (Å²) >= 11 is 0. The molecule has 3 aliphatic rings. The van der Waals surface area contributed by atoms with Crippen LogP contribution >= 0.6 is 0 Å². The lowest BCUT2D eigenvalue weighted by Gasteiger charge is -2.35. The number of amides is 1. The van der Waals surface area contributed by atoms with Gasteiger partial charge < -0.3 is 4.90 Å². The number of piperidine rings is 1. The van der Waals surface area contributed by atoms with Crippen molar-refractivity contribution in [2.75, 3.05) is 13.1 Å². The smallest absolute Gasteiger partial charge is 0.339 e. The quantitative estimate of drug-likeness (QED) is 0.364. The van der Waals surface area contributed by atoms with E-state index in [2.05, 4.69) is 23.2 Å². The number of fused-ring (bicyclic) bond motifs is 1. The van der Waals surface area contributed by atoms with Crippen LogP contribution < -0.4 is 0 Å². The Bertz CT molecular complexity index is 1460. The molecule has 2 aliphatic carbocycles. The Kier molecular flexibility index (Phi) is 8.82. The van der Waals surface area contributed by atoms with Crippen molar-refractivity contribution in [3.63, 3.8) is 0 Å². The third-order valence-corrected chi connectivity index (χ3v) is 10.5. The molecule has 2 atom stereocenters. The SMILES string of the molecule is O=C(CC1CCCCC=C1S(=O)(=O)c1cccc(C(F)(F)F)c1)N1CCC2CCC(Cc3cccnc3)=CC=C2C1. The predicted octanol–water partition coefficient (Wildman–Crippen LogP) is 7.08. The molecule has 41 heavy (non-hydrogen) atoms. The summed E-state index contributed by atoms with van der Waals surface area (Å²) in [5, 5.41) is 0. The van der Waals surface area contributed by atoms with Gasteiger partial charge in [0.1, 0.15) is 0 Å². The average molecular weight is 585 g/mol. The first-order chi connectivity index (χ1) is 19.6. The van der Waals surface area contributed by atoms with E-state index in [0.717, 1.165) is 50.7 Å². The molecule has 1 amide bonds. The summed E-state index contributed by atoms with van der Waals surface area (Å²) in [4.78, 5) is 19.3. The largest absolute Gasteiger partial charge is 0.416 e. The number of hydrogen-bond acceptors (Lipinski definition) is 4. The van der Waals surface area contributed by atoms with Gasteiger partial charge in [-0.3, -0.25) is 9.78 Å². The van der Waals surface area contributed by atoms with Crippen molar-refractivity contribution in [1.82, 2.24) is 9.88 Å². The monoisotopic (exact) mass is 584 g/mol. The number of pyridine rings is 1. The summed E-state index contributed by atoms with van der Waals surface area (Å²) in [6.07, 6.45) is 11.3. The number of aromatic nitrogens is 1. The van der Waals surface area contributed by atoms with Crippen LogP contribution in [0.3, 0.4) is 0 Å². The fourth-order valence-electron chi connectivity index (χ4n) is 6.17. The van der Waals surface area contributed by atoms with Crippen LogP contribution in [0.1, 0.15) is 62.5 Å². The van der Waals surface area contributed by atoms with Gasteiger partial charge in [-0.15, -0.1) is 0 Å². The Labute approximate surface area is 239 Å². The van der Waals surface area contributed by atoms with E-state index in [0.29, 0.717) is 37.9 Å². The van der Waals surface area contributed by atoms with Crippen molar-refractivity contribution >= 4 is 15.7 Å². The summed E-state index contributed by atoms with van der Waals surface area (Å²) in [6, 6.07) is 7.89. The number of halogens is 3. The van der Waals surface area contributed by atoms with Crippen LogP contribution in [0, 0.1) is 11.8 Å². The highest BCUT2D eigenvalue weighted by Crippen LogP contribution is 2.38. The number of allylic oxidation sites excluding steroid dienone is 5. The molecule has 9 heteroatoms. The topological polar surface area (TPSA) is 67.3 Å². The molecule has 1 aliphatic heterocycles. The maximum atomic E-state index is 13.6. The number of nitrogens with zero attached hydrogens (tertiary/aromatic N) is 2. The zero-order valence-electron chi connectivity index (χ0n) is 22.9. The summed E-state index contributed by atoms with van der Waals surface area (Å²) < 4.78 is 67.1. The second-order valence-electron chi connectivity index (χ2n) is 11.3. The molecule has 2 unspecified atom stereocenters. The molecule has 0 bridgehead atoms. The number of sulfone groups is 1. The summed E-state index contributed by atoms with van der Waals surface area (Å²) in [5.41, 5.74) is 2.73. The average Bonchev–Trinajstić information content (AvgIpc) is 3.32. The van der Waals surface area contributed by atoms with Gasteiger partial charge in [0.25, 0.3) is 0 Å². The van der Waals surface area contributed by atoms with Gasteiger partial charge in [-0.1, -0.05) is 42.4 Å². The minimum absolute atomic E-state index is 0.0318. The fourth-order valence-corrected chi connectivity index (χ4v) is 7.96. The minimum Gasteiger partial charge on any atom is -0.339 e. The summed E-state index contributed by atoms with van der Waals surface area (Å²) in [6.45, 7) is 1.14. The van der Waals surface area contributed by atoms with Gasteiger partial charge in [-0.05, 0) is 86.3 Å². The first-order valence-electron chi connectivity index (χ1n) is 14.3. The third-order valence-electron chi connectivity index (χ3n) is 8.46. The van der Waals surface area contributed by atoms with E-state index >= 15 is 0 Å². The van der Waals surface area contributed by atoms with E-state index in [1.165, 1.54) is 22.8 Å². The van der Waals surface area contributed by atoms with E-state index in [1.807, 2.05) is 17.2 Å². The number of benzene rings is 1. The molecular weight excluding hydrogens is 549 g/mol. The Balaban J connectivity index is 1.30. The summed E-state index contributed by atoms with van der Waals surface area (Å²) in [5.74, 6) is -0.252. The van der Waals surface area contributed by atoms with Gasteiger partial charge in [-0.25, -0.2) is 8.42 Å². The van der Waals surface area contributed by atoms with Crippen LogP contribution in [0.4, 0.5) is 13.2 Å². The van der Waals surface area contributed by atoms with Gasteiger partial charge in [-0.2, -0.15) is 13.2 Å². The fraction of sp³-hybridized carbons (Fsp3) is 0.438. The molecule has 1 aromatic carbocycles. The minimum atomic E-state index is -4.65. The van der Waals surface area contributed by atoms with Gasteiger partial charge in [0.15, 0.2) is 0 Å². The van der Waals surface area contributed by atoms with Gasteiger partial charge in [0.05, 0.1) is 10.5 Å². The standard InChI is InChI=1S/C32H35F3N2O3S/c33-32(34,35)28-8-4-9-29(20-28)41(39,40)30-10-3-1-2-7-26(30)19-31(38)37-17-15-25-13-11-23(12-14-27(25)22-37)18-24-6-5-16-36-21-24/h4-6,8-10,12,14,16,20-21,25-26H,1-3,7,11,13,15,17-19,22H2. The van der Waals surface area contributed by atoms with Crippen LogP contribution in [0.15, 0.2) is 88.0 Å². The van der Waals surface area contributed by atoms with Crippen molar-refractivity contribution < 1.29 is 26.4 Å². The number of rotatable bonds is 6. The molecule has 0 spiro atoms. The molecule has 1 fully saturated rings. The van der Waals surface area contributed by atoms with Crippen molar-refractivity contribution in [3.8, 4) is 0 Å². The second kappa shape index (κ2) is 12.3. The van der Waals surface area contributed by atoms with Crippen molar-refractivity contribution in [3.05, 3.63) is 94.2 Å². The van der Waals surface area contributed by atoms with Crippen molar-refractivity contribution in [2.24, 2.45) is 11.8 Å². The Morgan fingerprint density at radius 2 is 1.90 bits per heavy atom. The second-order valence-corrected chi connectivity index (χ2v) is 13.2. The van der Waals surface area contributed by atoms with E-state index in [9.17, 15) is 26.4 Å². The van der Waals surface area contributed by atoms with Crippen LogP contribution in [-0.4, -0.2) is 37.3 Å². The van der Waals surface area contributed by atoms with Crippen LogP contribution in [-0.2, 0) is 27.2 Å². The molecule has 0 N–H and O–H groups in total. The number of alkyl halides is 3. The predicted molar refractivity (Wildman–Crippen MR) is 151 cm³/mol. The van der Waals surface area contributed by atoms with Crippen molar-refractivity contribution in [2.45, 2.75) is 68.9 Å². The van der Waals surface area contributed by atoms with Gasteiger partial charge in [0.2, 0.25) is 15.7 Å². The molecule has 218 valence electrons. The van der Waals surface area contributed by atoms with Gasteiger partial charge in [0, 0.05) is 42.7 Å². The highest BCUT2D eigenvalue weighted by molar-refractivity contribution is 7.95. The molecule has 5 nitrogen and oxygen atoms in total. The molecule has 0 radical (unpaired) electrons. The lowest BCUT2D eigenvalue weighted by molar-refractivity contribution is -0.137. The Morgan fingerprint density at radius 3 is 2.68 bits per heavy atom. The highest BCUT2D eigenvalue weighted by Gasteiger charge is 2.36. The molecular formula is C32H35F3N2O3S. The van der Waals surface area contributed by atoms with Crippen LogP contribution in [0.2, 0.25) is 0 Å². The number of likely N-dealkylation sites (tertiary alicyclic amines) is 1. The molecule has 1 saturated heterocycles. The number of hydrogen-bond donors (Lipinski definition) is 0. The number of carbonyl (C=O) groups excluding carboxylic acids is 1. The van der Waals surface area contributed by atoms with E-state index in [1.54, 1.807) is 12.3 Å². The molecule has 2 aromatic rings. The van der Waals surface area contributed by atoms with E-state index in [4.69, 9.17) is 0 Å². The Hall–Kier alpha value is -3.20. The zero-order chi connectivity index (χ0) is 29.0. The lowest BCUT2D eigenvalue weighted by Crippen LogP contribution is -2.40. The van der Waals surface area contributed by atoms with Crippen LogP contribution in [0.25, 0.3) is 0 Å². The molecule has 5 rings (SSSR count). The van der Waals surface area contributed by atoms with E-state index < -0.39 is 27.5 Å². The summed E-state index contributed by atoms with van der Waals surface area (Å²) in [7, 11) is -4.18. The first-order valence-corrected chi connectivity index (χ1v) is 15.8. The van der Waals surface area contributed by atoms with E-state index in [-0.39, 0.29) is 22.1 Å².